The summed E-state index contributed by atoms with van der Waals surface area (Å²) in [5, 5.41) is 14.7. The largest absolute Gasteiger partial charge is 0.506 e. The number of carbonyl (C=O) groups excluding carboxylic acids is 3. The number of esters is 1. The lowest BCUT2D eigenvalue weighted by atomic mass is 10.2. The Labute approximate surface area is 140 Å². The van der Waals surface area contributed by atoms with Gasteiger partial charge in [0.25, 0.3) is 0 Å². The topological polar surface area (TPSA) is 114 Å². The summed E-state index contributed by atoms with van der Waals surface area (Å²) < 4.78 is 9.59. The molecule has 0 heterocycles. The maximum atomic E-state index is 12.1. The van der Waals surface area contributed by atoms with E-state index >= 15 is 0 Å². The fraction of sp³-hybridized carbons (Fsp3) is 0.438. The first-order valence-electron chi connectivity index (χ1n) is 7.25. The first kappa shape index (κ1) is 19.3. The average Bonchev–Trinajstić information content (AvgIpc) is 2.46. The summed E-state index contributed by atoms with van der Waals surface area (Å²) in [4.78, 5) is 35.0. The summed E-state index contributed by atoms with van der Waals surface area (Å²) >= 11 is 0. The number of hydrogen-bond donors (Lipinski definition) is 3. The van der Waals surface area contributed by atoms with E-state index in [0.29, 0.717) is 0 Å². The van der Waals surface area contributed by atoms with Gasteiger partial charge in [0, 0.05) is 0 Å². The number of phenolic OH excluding ortho intramolecular Hbond substituents is 1. The van der Waals surface area contributed by atoms with E-state index in [-0.39, 0.29) is 17.0 Å². The van der Waals surface area contributed by atoms with Crippen LogP contribution in [0.25, 0.3) is 0 Å². The minimum Gasteiger partial charge on any atom is -0.506 e. The highest BCUT2D eigenvalue weighted by atomic mass is 16.6. The smallest absolute Gasteiger partial charge is 0.408 e. The number of hydrogen-bond acceptors (Lipinski definition) is 6. The number of phenols is 1. The molecular formula is C16H22N2O6. The van der Waals surface area contributed by atoms with Gasteiger partial charge in [0.2, 0.25) is 5.91 Å². The Hall–Kier alpha value is -2.77. The monoisotopic (exact) mass is 338 g/mol. The summed E-state index contributed by atoms with van der Waals surface area (Å²) in [6.45, 7) is 6.59. The Balaban J connectivity index is 2.70. The Kier molecular flexibility index (Phi) is 6.16. The molecule has 0 saturated heterocycles. The molecule has 0 bridgehead atoms. The van der Waals surface area contributed by atoms with Crippen molar-refractivity contribution < 1.29 is 29.0 Å². The highest BCUT2D eigenvalue weighted by Gasteiger charge is 2.21. The van der Waals surface area contributed by atoms with Gasteiger partial charge in [0.1, 0.15) is 17.4 Å². The highest BCUT2D eigenvalue weighted by molar-refractivity contribution is 5.98. The van der Waals surface area contributed by atoms with E-state index < -0.39 is 29.6 Å². The summed E-state index contributed by atoms with van der Waals surface area (Å²) in [6.07, 6.45) is -0.726. The molecule has 0 aliphatic heterocycles. The van der Waals surface area contributed by atoms with Crippen molar-refractivity contribution in [2.45, 2.75) is 39.3 Å². The van der Waals surface area contributed by atoms with Crippen LogP contribution >= 0.6 is 0 Å². The fourth-order valence-electron chi connectivity index (χ4n) is 1.67. The zero-order valence-corrected chi connectivity index (χ0v) is 14.3. The van der Waals surface area contributed by atoms with Gasteiger partial charge >= 0.3 is 12.1 Å². The van der Waals surface area contributed by atoms with Crippen LogP contribution in [0.2, 0.25) is 0 Å². The number of anilines is 1. The van der Waals surface area contributed by atoms with E-state index in [4.69, 9.17) is 4.74 Å². The second kappa shape index (κ2) is 7.67. The molecule has 0 aliphatic rings. The zero-order chi connectivity index (χ0) is 18.5. The van der Waals surface area contributed by atoms with Crippen LogP contribution in [0.4, 0.5) is 10.5 Å². The van der Waals surface area contributed by atoms with Crippen molar-refractivity contribution >= 4 is 23.7 Å². The van der Waals surface area contributed by atoms with Crippen molar-refractivity contribution in [3.05, 3.63) is 23.8 Å². The van der Waals surface area contributed by atoms with Crippen LogP contribution in [0.15, 0.2) is 18.2 Å². The number of carbonyl (C=O) groups is 3. The average molecular weight is 338 g/mol. The quantitative estimate of drug-likeness (QED) is 0.572. The number of amides is 2. The van der Waals surface area contributed by atoms with Gasteiger partial charge in [-0.05, 0) is 45.9 Å². The number of rotatable bonds is 4. The lowest BCUT2D eigenvalue weighted by Crippen LogP contribution is -2.43. The maximum absolute atomic E-state index is 12.1. The van der Waals surface area contributed by atoms with Gasteiger partial charge in [-0.2, -0.15) is 0 Å². The molecule has 0 fully saturated rings. The van der Waals surface area contributed by atoms with Crippen molar-refractivity contribution in [2.75, 3.05) is 12.4 Å². The van der Waals surface area contributed by atoms with Gasteiger partial charge < -0.3 is 25.2 Å². The summed E-state index contributed by atoms with van der Waals surface area (Å²) in [7, 11) is 1.22. The van der Waals surface area contributed by atoms with E-state index in [2.05, 4.69) is 15.4 Å². The van der Waals surface area contributed by atoms with Crippen molar-refractivity contribution in [3.8, 4) is 5.75 Å². The minimum atomic E-state index is -0.889. The van der Waals surface area contributed by atoms with E-state index in [1.165, 1.54) is 32.2 Å². The summed E-state index contributed by atoms with van der Waals surface area (Å²) in [5.41, 5.74) is -0.430. The zero-order valence-electron chi connectivity index (χ0n) is 14.3. The van der Waals surface area contributed by atoms with E-state index in [1.54, 1.807) is 20.8 Å². The Morgan fingerprint density at radius 1 is 1.21 bits per heavy atom. The standard InChI is InChI=1S/C16H22N2O6/c1-9(17-15(22)24-16(2,3)4)13(20)18-11-7-6-10(8-12(11)19)14(21)23-5/h6-9,19H,1-5H3,(H,17,22)(H,18,20). The van der Waals surface area contributed by atoms with Gasteiger partial charge in [-0.3, -0.25) is 4.79 Å². The fourth-order valence-corrected chi connectivity index (χ4v) is 1.67. The van der Waals surface area contributed by atoms with Crippen molar-refractivity contribution in [3.63, 3.8) is 0 Å². The molecule has 0 saturated carbocycles. The van der Waals surface area contributed by atoms with Crippen molar-refractivity contribution in [1.82, 2.24) is 5.32 Å². The molecule has 0 radical (unpaired) electrons. The number of benzene rings is 1. The van der Waals surface area contributed by atoms with E-state index in [0.717, 1.165) is 0 Å². The third-order valence-corrected chi connectivity index (χ3v) is 2.80. The molecule has 1 aromatic carbocycles. The van der Waals surface area contributed by atoms with Gasteiger partial charge in [-0.1, -0.05) is 0 Å². The Morgan fingerprint density at radius 2 is 1.83 bits per heavy atom. The second-order valence-corrected chi connectivity index (χ2v) is 6.08. The molecule has 8 heteroatoms. The molecule has 1 rings (SSSR count). The number of methoxy groups -OCH3 is 1. The molecule has 8 nitrogen and oxygen atoms in total. The van der Waals surface area contributed by atoms with Crippen LogP contribution in [0, 0.1) is 0 Å². The van der Waals surface area contributed by atoms with Crippen LogP contribution in [-0.2, 0) is 14.3 Å². The lowest BCUT2D eigenvalue weighted by molar-refractivity contribution is -0.117. The molecule has 0 aliphatic carbocycles. The molecule has 3 N–H and O–H groups in total. The van der Waals surface area contributed by atoms with Crippen molar-refractivity contribution in [2.24, 2.45) is 0 Å². The van der Waals surface area contributed by atoms with Crippen molar-refractivity contribution in [1.29, 1.82) is 0 Å². The number of alkyl carbamates (subject to hydrolysis) is 1. The number of ether oxygens (including phenoxy) is 2. The molecule has 0 aromatic heterocycles. The first-order valence-corrected chi connectivity index (χ1v) is 7.25. The van der Waals surface area contributed by atoms with Gasteiger partial charge in [-0.15, -0.1) is 0 Å². The molecule has 1 aromatic rings. The van der Waals surface area contributed by atoms with E-state index in [9.17, 15) is 19.5 Å². The van der Waals surface area contributed by atoms with Crippen LogP contribution < -0.4 is 10.6 Å². The molecule has 1 atom stereocenters. The summed E-state index contributed by atoms with van der Waals surface area (Å²) in [5.74, 6) is -1.46. The first-order chi connectivity index (χ1) is 11.0. The third kappa shape index (κ3) is 5.79. The molecule has 2 amide bonds. The third-order valence-electron chi connectivity index (χ3n) is 2.80. The molecular weight excluding hydrogens is 316 g/mol. The molecule has 1 unspecified atom stereocenters. The maximum Gasteiger partial charge on any atom is 0.408 e. The van der Waals surface area contributed by atoms with Crippen LogP contribution in [0.5, 0.6) is 5.75 Å². The second-order valence-electron chi connectivity index (χ2n) is 6.08. The Bertz CT molecular complexity index is 636. The predicted molar refractivity (Wildman–Crippen MR) is 86.9 cm³/mol. The normalized spacial score (nSPS) is 12.0. The predicted octanol–water partition coefficient (Wildman–Crippen LogP) is 2.03. The van der Waals surface area contributed by atoms with Crippen LogP contribution in [0.3, 0.4) is 0 Å². The highest BCUT2D eigenvalue weighted by Crippen LogP contribution is 2.24. The van der Waals surface area contributed by atoms with Crippen LogP contribution in [0.1, 0.15) is 38.1 Å². The number of nitrogens with one attached hydrogen (secondary N) is 2. The van der Waals surface area contributed by atoms with Gasteiger partial charge in [0.15, 0.2) is 0 Å². The lowest BCUT2D eigenvalue weighted by Gasteiger charge is -2.21. The van der Waals surface area contributed by atoms with Crippen LogP contribution in [-0.4, -0.2) is 41.8 Å². The molecule has 132 valence electrons. The Morgan fingerprint density at radius 3 is 2.33 bits per heavy atom. The van der Waals surface area contributed by atoms with E-state index in [1.807, 2.05) is 0 Å². The molecule has 0 spiro atoms. The van der Waals surface area contributed by atoms with Gasteiger partial charge in [0.05, 0.1) is 18.4 Å². The van der Waals surface area contributed by atoms with Gasteiger partial charge in [-0.25, -0.2) is 9.59 Å². The summed E-state index contributed by atoms with van der Waals surface area (Å²) in [6, 6.07) is 3.04. The SMILES string of the molecule is COC(=O)c1ccc(NC(=O)C(C)NC(=O)OC(C)(C)C)c(O)c1. The minimum absolute atomic E-state index is 0.102. The number of aromatic hydroxyl groups is 1. The molecule has 24 heavy (non-hydrogen) atoms.